The van der Waals surface area contributed by atoms with Gasteiger partial charge in [0.05, 0.1) is 11.3 Å². The summed E-state index contributed by atoms with van der Waals surface area (Å²) >= 11 is 0. The molecule has 0 saturated carbocycles. The zero-order valence-corrected chi connectivity index (χ0v) is 13.9. The summed E-state index contributed by atoms with van der Waals surface area (Å²) in [4.78, 5) is 21.7. The van der Waals surface area contributed by atoms with E-state index in [2.05, 4.69) is 0 Å². The zero-order chi connectivity index (χ0) is 18.3. The van der Waals surface area contributed by atoms with Crippen molar-refractivity contribution in [1.82, 2.24) is 0 Å². The summed E-state index contributed by atoms with van der Waals surface area (Å²) in [6, 6.07) is 5.03. The molecule has 0 heterocycles. The summed E-state index contributed by atoms with van der Waals surface area (Å²) in [6.45, 7) is 3.48. The van der Waals surface area contributed by atoms with Crippen LogP contribution in [0.3, 0.4) is 0 Å². The number of aliphatic carboxylic acids is 2. The van der Waals surface area contributed by atoms with Crippen LogP contribution in [-0.4, -0.2) is 32.4 Å². The van der Waals surface area contributed by atoms with Gasteiger partial charge in [-0.25, -0.2) is 0 Å². The number of phenols is 2. The fourth-order valence-corrected chi connectivity index (χ4v) is 2.66. The molecule has 2 atom stereocenters. The molecule has 24 heavy (non-hydrogen) atoms. The molecular formula is C18H24O6. The first kappa shape index (κ1) is 19.5. The van der Waals surface area contributed by atoms with Gasteiger partial charge in [0.15, 0.2) is 11.5 Å². The molecule has 6 heteroatoms. The van der Waals surface area contributed by atoms with Crippen molar-refractivity contribution in [3.8, 4) is 11.5 Å². The summed E-state index contributed by atoms with van der Waals surface area (Å²) in [6.07, 6.45) is 6.02. The second kappa shape index (κ2) is 8.38. The van der Waals surface area contributed by atoms with Crippen molar-refractivity contribution in [2.24, 2.45) is 11.3 Å². The van der Waals surface area contributed by atoms with Crippen LogP contribution in [0.5, 0.6) is 11.5 Å². The molecule has 1 aromatic rings. The van der Waals surface area contributed by atoms with E-state index in [-0.39, 0.29) is 11.5 Å². The maximum atomic E-state index is 10.9. The van der Waals surface area contributed by atoms with Gasteiger partial charge < -0.3 is 20.4 Å². The van der Waals surface area contributed by atoms with Crippen molar-refractivity contribution < 1.29 is 30.0 Å². The number of benzene rings is 1. The summed E-state index contributed by atoms with van der Waals surface area (Å²) < 4.78 is 0. The van der Waals surface area contributed by atoms with E-state index in [1.54, 1.807) is 12.1 Å². The van der Waals surface area contributed by atoms with Gasteiger partial charge >= 0.3 is 11.9 Å². The largest absolute Gasteiger partial charge is 0.504 e. The van der Waals surface area contributed by atoms with Crippen molar-refractivity contribution in [3.63, 3.8) is 0 Å². The van der Waals surface area contributed by atoms with Crippen LogP contribution < -0.4 is 0 Å². The fraction of sp³-hybridized carbons (Fsp3) is 0.444. The first-order valence-electron chi connectivity index (χ1n) is 7.87. The molecule has 0 aliphatic heterocycles. The van der Waals surface area contributed by atoms with Crippen molar-refractivity contribution in [2.75, 3.05) is 0 Å². The Morgan fingerprint density at radius 2 is 1.92 bits per heavy atom. The normalized spacial score (nSPS) is 22.3. The molecule has 0 saturated heterocycles. The Balaban J connectivity index is 0.000000243. The Kier molecular flexibility index (Phi) is 6.82. The van der Waals surface area contributed by atoms with Crippen molar-refractivity contribution in [1.29, 1.82) is 0 Å². The molecule has 0 radical (unpaired) electrons. The molecule has 1 aliphatic carbocycles. The molecule has 2 rings (SSSR count). The average Bonchev–Trinajstić information content (AvgIpc) is 2.53. The Morgan fingerprint density at radius 3 is 2.42 bits per heavy atom. The van der Waals surface area contributed by atoms with Crippen molar-refractivity contribution >= 4 is 11.9 Å². The first-order chi connectivity index (χ1) is 11.2. The van der Waals surface area contributed by atoms with E-state index in [1.165, 1.54) is 19.1 Å². The number of hydrogen-bond acceptors (Lipinski definition) is 4. The number of aromatic hydroxyl groups is 2. The van der Waals surface area contributed by atoms with Gasteiger partial charge in [0.2, 0.25) is 0 Å². The highest BCUT2D eigenvalue weighted by Gasteiger charge is 2.44. The predicted molar refractivity (Wildman–Crippen MR) is 89.0 cm³/mol. The van der Waals surface area contributed by atoms with Crippen LogP contribution in [0.2, 0.25) is 0 Å². The molecule has 0 fully saturated rings. The lowest BCUT2D eigenvalue weighted by Crippen LogP contribution is -2.40. The Morgan fingerprint density at radius 1 is 1.25 bits per heavy atom. The Hall–Kier alpha value is -2.50. The van der Waals surface area contributed by atoms with Crippen LogP contribution in [-0.2, 0) is 16.0 Å². The topological polar surface area (TPSA) is 115 Å². The number of allylic oxidation sites excluding steroid dienone is 1. The number of carboxylic acid groups (broad SMARTS) is 2. The van der Waals surface area contributed by atoms with E-state index >= 15 is 0 Å². The maximum Gasteiger partial charge on any atom is 0.314 e. The molecule has 132 valence electrons. The van der Waals surface area contributed by atoms with Crippen molar-refractivity contribution in [3.05, 3.63) is 35.9 Å². The maximum absolute atomic E-state index is 10.9. The SMILES string of the molecule is CC1(C(=O)O)C=CCCC1C(=O)O.CCCc1cccc(O)c1O. The highest BCUT2D eigenvalue weighted by atomic mass is 16.4. The number of carboxylic acids is 2. The highest BCUT2D eigenvalue weighted by molar-refractivity contribution is 5.85. The molecule has 6 nitrogen and oxygen atoms in total. The number of carbonyl (C=O) groups is 2. The second-order valence-electron chi connectivity index (χ2n) is 5.99. The minimum absolute atomic E-state index is 0.0225. The van der Waals surface area contributed by atoms with Gasteiger partial charge in [0.25, 0.3) is 0 Å². The molecule has 1 aliphatic rings. The van der Waals surface area contributed by atoms with Crippen LogP contribution in [0.15, 0.2) is 30.4 Å². The summed E-state index contributed by atoms with van der Waals surface area (Å²) in [5.74, 6) is -2.93. The molecule has 0 amide bonds. The lowest BCUT2D eigenvalue weighted by molar-refractivity contribution is -0.158. The summed E-state index contributed by atoms with van der Waals surface area (Å²) in [5, 5.41) is 36.1. The minimum Gasteiger partial charge on any atom is -0.504 e. The van der Waals surface area contributed by atoms with E-state index < -0.39 is 23.3 Å². The number of hydrogen-bond donors (Lipinski definition) is 4. The predicted octanol–water partition coefficient (Wildman–Crippen LogP) is 3.18. The van der Waals surface area contributed by atoms with Gasteiger partial charge in [0.1, 0.15) is 0 Å². The van der Waals surface area contributed by atoms with Crippen LogP contribution in [0, 0.1) is 11.3 Å². The second-order valence-corrected chi connectivity index (χ2v) is 5.99. The Labute approximate surface area is 141 Å². The lowest BCUT2D eigenvalue weighted by Gasteiger charge is -2.30. The van der Waals surface area contributed by atoms with E-state index in [0.717, 1.165) is 18.4 Å². The monoisotopic (exact) mass is 336 g/mol. The molecular weight excluding hydrogens is 312 g/mol. The number of phenolic OH excluding ortho intramolecular Hbond substituents is 2. The quantitative estimate of drug-likeness (QED) is 0.496. The zero-order valence-electron chi connectivity index (χ0n) is 13.9. The fourth-order valence-electron chi connectivity index (χ4n) is 2.66. The van der Waals surface area contributed by atoms with Crippen LogP contribution >= 0.6 is 0 Å². The van der Waals surface area contributed by atoms with Gasteiger partial charge in [-0.05, 0) is 37.8 Å². The standard InChI is InChI=1S/C9H12O4.C9H12O2/c1-9(8(12)13)5-3-2-4-6(9)7(10)11;1-2-4-7-5-3-6-8(10)9(7)11/h3,5-6H,2,4H2,1H3,(H,10,11)(H,12,13);3,5-6,10-11H,2,4H2,1H3. The molecule has 4 N–H and O–H groups in total. The summed E-state index contributed by atoms with van der Waals surface area (Å²) in [7, 11) is 0. The number of rotatable bonds is 4. The van der Waals surface area contributed by atoms with Crippen LogP contribution in [0.4, 0.5) is 0 Å². The van der Waals surface area contributed by atoms with E-state index in [0.29, 0.717) is 12.8 Å². The summed E-state index contributed by atoms with van der Waals surface area (Å²) in [5.41, 5.74) is -0.433. The van der Waals surface area contributed by atoms with Gasteiger partial charge in [-0.1, -0.05) is 37.6 Å². The smallest absolute Gasteiger partial charge is 0.314 e. The lowest BCUT2D eigenvalue weighted by atomic mass is 9.71. The van der Waals surface area contributed by atoms with Gasteiger partial charge in [0, 0.05) is 0 Å². The third-order valence-electron chi connectivity index (χ3n) is 4.19. The third kappa shape index (κ3) is 4.50. The van der Waals surface area contributed by atoms with Gasteiger partial charge in [-0.3, -0.25) is 9.59 Å². The third-order valence-corrected chi connectivity index (χ3v) is 4.19. The molecule has 0 bridgehead atoms. The van der Waals surface area contributed by atoms with Gasteiger partial charge in [-0.2, -0.15) is 0 Å². The average molecular weight is 336 g/mol. The van der Waals surface area contributed by atoms with Crippen molar-refractivity contribution in [2.45, 2.75) is 39.5 Å². The highest BCUT2D eigenvalue weighted by Crippen LogP contribution is 2.36. The number of para-hydroxylation sites is 1. The van der Waals surface area contributed by atoms with Crippen LogP contribution in [0.25, 0.3) is 0 Å². The Bertz CT molecular complexity index is 622. The number of aryl methyl sites for hydroxylation is 1. The van der Waals surface area contributed by atoms with E-state index in [4.69, 9.17) is 15.3 Å². The first-order valence-corrected chi connectivity index (χ1v) is 7.87. The van der Waals surface area contributed by atoms with E-state index in [9.17, 15) is 14.7 Å². The molecule has 2 unspecified atom stereocenters. The molecule has 1 aromatic carbocycles. The van der Waals surface area contributed by atoms with Gasteiger partial charge in [-0.15, -0.1) is 0 Å². The van der Waals surface area contributed by atoms with E-state index in [1.807, 2.05) is 13.0 Å². The minimum atomic E-state index is -1.25. The molecule has 0 aromatic heterocycles. The molecule has 0 spiro atoms. The van der Waals surface area contributed by atoms with Crippen LogP contribution in [0.1, 0.15) is 38.7 Å².